The predicted octanol–water partition coefficient (Wildman–Crippen LogP) is 2.54. The lowest BCUT2D eigenvalue weighted by Gasteiger charge is -2.09. The summed E-state index contributed by atoms with van der Waals surface area (Å²) in [6.07, 6.45) is 3.22. The van der Waals surface area contributed by atoms with Crippen LogP contribution in [0.2, 0.25) is 0 Å². The maximum absolute atomic E-state index is 11.5. The van der Waals surface area contributed by atoms with E-state index in [4.69, 9.17) is 0 Å². The molecule has 0 atom stereocenters. The fraction of sp³-hybridized carbons (Fsp3) is 0. The van der Waals surface area contributed by atoms with Crippen LogP contribution in [0.15, 0.2) is 42.7 Å². The van der Waals surface area contributed by atoms with E-state index in [1.807, 2.05) is 24.3 Å². The third-order valence-corrected chi connectivity index (χ3v) is 2.39. The molecular weight excluding hydrogens is 176 g/mol. The second-order valence-corrected chi connectivity index (χ2v) is 3.22. The molecule has 0 bridgehead atoms. The number of nitrogens with zero attached hydrogens (tertiary/aromatic N) is 2. The van der Waals surface area contributed by atoms with Gasteiger partial charge in [-0.05, 0) is 18.3 Å². The minimum Gasteiger partial charge on any atom is -0.805 e. The predicted molar refractivity (Wildman–Crippen MR) is 56.0 cm³/mol. The van der Waals surface area contributed by atoms with E-state index in [0.29, 0.717) is 5.52 Å². The van der Waals surface area contributed by atoms with Gasteiger partial charge in [-0.15, -0.1) is 0 Å². The van der Waals surface area contributed by atoms with Gasteiger partial charge in [0.25, 0.3) is 0 Å². The highest BCUT2D eigenvalue weighted by Crippen LogP contribution is 2.23. The molecule has 0 aliphatic rings. The van der Waals surface area contributed by atoms with Gasteiger partial charge in [0.05, 0.1) is 11.0 Å². The van der Waals surface area contributed by atoms with Crippen molar-refractivity contribution in [2.75, 3.05) is 0 Å². The van der Waals surface area contributed by atoms with Crippen LogP contribution >= 0.6 is 0 Å². The van der Waals surface area contributed by atoms with Crippen LogP contribution in [-0.2, 0) is 0 Å². The monoisotopic (exact) mass is 183 g/mol. The normalized spacial score (nSPS) is 11.1. The fourth-order valence-corrected chi connectivity index (χ4v) is 1.73. The average Bonchev–Trinajstić information content (AvgIpc) is 2.61. The molecule has 0 aliphatic carbocycles. The second-order valence-electron chi connectivity index (χ2n) is 3.22. The van der Waals surface area contributed by atoms with Gasteiger partial charge in [0.2, 0.25) is 0 Å². The number of aromatic nitrogens is 2. The van der Waals surface area contributed by atoms with Crippen LogP contribution in [0.3, 0.4) is 0 Å². The molecule has 68 valence electrons. The second kappa shape index (κ2) is 2.48. The van der Waals surface area contributed by atoms with E-state index >= 15 is 0 Å². The Morgan fingerprint density at radius 1 is 1.07 bits per heavy atom. The van der Waals surface area contributed by atoms with E-state index < -0.39 is 0 Å². The molecule has 0 aliphatic heterocycles. The number of hydrogen-bond acceptors (Lipinski definition) is 2. The third kappa shape index (κ3) is 0.836. The largest absolute Gasteiger partial charge is 0.805 e. The molecule has 3 aromatic rings. The molecule has 0 unspecified atom stereocenters. The summed E-state index contributed by atoms with van der Waals surface area (Å²) in [6, 6.07) is 9.54. The number of hydrogen-bond donors (Lipinski definition) is 0. The van der Waals surface area contributed by atoms with Crippen molar-refractivity contribution in [3.8, 4) is 0 Å². The van der Waals surface area contributed by atoms with Crippen LogP contribution in [-0.4, -0.2) is 9.71 Å². The number of fused-ring (bicyclic) bond motifs is 3. The van der Waals surface area contributed by atoms with Gasteiger partial charge in [-0.2, -0.15) is 0 Å². The van der Waals surface area contributed by atoms with Crippen molar-refractivity contribution in [2.45, 2.75) is 0 Å². The van der Waals surface area contributed by atoms with Gasteiger partial charge >= 0.3 is 0 Å². The molecule has 0 amide bonds. The molecule has 0 saturated carbocycles. The van der Waals surface area contributed by atoms with Crippen LogP contribution < -0.4 is 0 Å². The van der Waals surface area contributed by atoms with E-state index in [1.54, 1.807) is 12.3 Å². The molecule has 0 radical (unpaired) electrons. The standard InChI is InChI=1S/C11H7N2O/c14-13-7-5-9-4-3-8-2-1-6-12-10(8)11(9)13/h1-7H/q-1. The van der Waals surface area contributed by atoms with Crippen LogP contribution in [0.5, 0.6) is 0 Å². The minimum absolute atomic E-state index is 0.656. The third-order valence-electron chi connectivity index (χ3n) is 2.39. The minimum atomic E-state index is 0.656. The van der Waals surface area contributed by atoms with Crippen molar-refractivity contribution < 1.29 is 0 Å². The maximum atomic E-state index is 11.5. The summed E-state index contributed by atoms with van der Waals surface area (Å²) in [5.74, 6) is 0. The molecule has 0 N–H and O–H groups in total. The molecule has 1 aromatic carbocycles. The maximum Gasteiger partial charge on any atom is 0.0941 e. The zero-order chi connectivity index (χ0) is 9.54. The quantitative estimate of drug-likeness (QED) is 0.537. The van der Waals surface area contributed by atoms with Crippen molar-refractivity contribution in [3.63, 3.8) is 0 Å². The molecule has 2 aromatic heterocycles. The lowest BCUT2D eigenvalue weighted by Crippen LogP contribution is -1.85. The smallest absolute Gasteiger partial charge is 0.0941 e. The van der Waals surface area contributed by atoms with E-state index in [1.165, 1.54) is 6.20 Å². The SMILES string of the molecule is [O-]n1ccc2ccc3cccnc3c21. The first-order chi connectivity index (χ1) is 6.86. The Morgan fingerprint density at radius 3 is 2.86 bits per heavy atom. The molecule has 3 rings (SSSR count). The van der Waals surface area contributed by atoms with Crippen molar-refractivity contribution in [2.24, 2.45) is 0 Å². The molecule has 0 fully saturated rings. The Balaban J connectivity index is 2.65. The van der Waals surface area contributed by atoms with E-state index in [0.717, 1.165) is 21.0 Å². The van der Waals surface area contributed by atoms with Crippen LogP contribution in [0.25, 0.3) is 21.8 Å². The van der Waals surface area contributed by atoms with Gasteiger partial charge in [-0.3, -0.25) is 4.98 Å². The zero-order valence-electron chi connectivity index (χ0n) is 7.34. The molecule has 14 heavy (non-hydrogen) atoms. The van der Waals surface area contributed by atoms with E-state index in [-0.39, 0.29) is 0 Å². The lowest BCUT2D eigenvalue weighted by atomic mass is 10.1. The zero-order valence-corrected chi connectivity index (χ0v) is 7.34. The number of benzene rings is 1. The Hall–Kier alpha value is -2.03. The molecule has 3 nitrogen and oxygen atoms in total. The Bertz CT molecular complexity index is 613. The first kappa shape index (κ1) is 7.38. The Labute approximate surface area is 80.2 Å². The molecular formula is C11H7N2O-. The summed E-state index contributed by atoms with van der Waals surface area (Å²) in [7, 11) is 0. The molecule has 2 heterocycles. The van der Waals surface area contributed by atoms with Gasteiger partial charge in [-0.25, -0.2) is 0 Å². The summed E-state index contributed by atoms with van der Waals surface area (Å²) in [5, 5.41) is 13.4. The Kier molecular flexibility index (Phi) is 1.31. The first-order valence-electron chi connectivity index (χ1n) is 4.38. The Morgan fingerprint density at radius 2 is 1.93 bits per heavy atom. The van der Waals surface area contributed by atoms with E-state index in [2.05, 4.69) is 4.98 Å². The van der Waals surface area contributed by atoms with Gasteiger partial charge < -0.3 is 9.94 Å². The van der Waals surface area contributed by atoms with Crippen LogP contribution in [0.1, 0.15) is 0 Å². The summed E-state index contributed by atoms with van der Waals surface area (Å²) in [5.41, 5.74) is 1.42. The summed E-state index contributed by atoms with van der Waals surface area (Å²) < 4.78 is 0.866. The number of pyridine rings is 1. The van der Waals surface area contributed by atoms with Crippen molar-refractivity contribution in [3.05, 3.63) is 47.9 Å². The molecule has 0 saturated heterocycles. The van der Waals surface area contributed by atoms with Gasteiger partial charge in [0.1, 0.15) is 0 Å². The topological polar surface area (TPSA) is 40.9 Å². The van der Waals surface area contributed by atoms with Crippen molar-refractivity contribution >= 4 is 21.8 Å². The molecule has 0 spiro atoms. The van der Waals surface area contributed by atoms with Crippen molar-refractivity contribution in [1.29, 1.82) is 0 Å². The fourth-order valence-electron chi connectivity index (χ4n) is 1.73. The van der Waals surface area contributed by atoms with Gasteiger partial charge in [-0.1, -0.05) is 18.2 Å². The van der Waals surface area contributed by atoms with Gasteiger partial charge in [0, 0.05) is 17.0 Å². The first-order valence-corrected chi connectivity index (χ1v) is 4.38. The average molecular weight is 183 g/mol. The highest BCUT2D eigenvalue weighted by Gasteiger charge is 2.01. The summed E-state index contributed by atoms with van der Waals surface area (Å²) in [6.45, 7) is 0. The lowest BCUT2D eigenvalue weighted by molar-refractivity contribution is 1.16. The van der Waals surface area contributed by atoms with Crippen LogP contribution in [0.4, 0.5) is 0 Å². The van der Waals surface area contributed by atoms with Gasteiger partial charge in [0.15, 0.2) is 0 Å². The summed E-state index contributed by atoms with van der Waals surface area (Å²) in [4.78, 5) is 4.22. The highest BCUT2D eigenvalue weighted by atomic mass is 16.5. The van der Waals surface area contributed by atoms with Crippen molar-refractivity contribution in [1.82, 2.24) is 9.71 Å². The number of rotatable bonds is 0. The summed E-state index contributed by atoms with van der Waals surface area (Å²) >= 11 is 0. The highest BCUT2D eigenvalue weighted by molar-refractivity contribution is 6.03. The van der Waals surface area contributed by atoms with E-state index in [9.17, 15) is 5.21 Å². The van der Waals surface area contributed by atoms with Crippen LogP contribution in [0, 0.1) is 5.21 Å². The molecule has 3 heteroatoms.